The number of nitrogen functional groups attached to an aromatic ring is 1. The largest absolute Gasteiger partial charge is 0.399 e. The third kappa shape index (κ3) is 2.29. The van der Waals surface area contributed by atoms with Crippen LogP contribution in [0.15, 0.2) is 45.5 Å². The van der Waals surface area contributed by atoms with E-state index in [1.807, 2.05) is 24.3 Å². The number of aromatic nitrogens is 1. The highest BCUT2D eigenvalue weighted by Gasteiger charge is 2.15. The molecule has 19 heavy (non-hydrogen) atoms. The Labute approximate surface area is 116 Å². The average molecular weight is 294 g/mol. The summed E-state index contributed by atoms with van der Waals surface area (Å²) < 4.78 is 32.5. The minimum Gasteiger partial charge on any atom is -0.399 e. The molecule has 3 rings (SSSR count). The van der Waals surface area contributed by atoms with Crippen LogP contribution in [-0.4, -0.2) is 4.37 Å². The molecule has 6 heteroatoms. The van der Waals surface area contributed by atoms with Gasteiger partial charge in [-0.25, -0.2) is 8.78 Å². The van der Waals surface area contributed by atoms with E-state index in [1.165, 1.54) is 11.5 Å². The van der Waals surface area contributed by atoms with Gasteiger partial charge in [0.15, 0.2) is 0 Å². The standard InChI is InChI=1S/C13H8F2N2S2/c14-9-5-7(16)6-10(15)12(9)18-13-8-3-1-2-4-11(8)17-19-13/h1-6H,16H2. The lowest BCUT2D eigenvalue weighted by Gasteiger charge is -2.04. The quantitative estimate of drug-likeness (QED) is 0.716. The summed E-state index contributed by atoms with van der Waals surface area (Å²) >= 11 is 2.26. The van der Waals surface area contributed by atoms with Gasteiger partial charge < -0.3 is 5.73 Å². The van der Waals surface area contributed by atoms with Gasteiger partial charge in [-0.3, -0.25) is 0 Å². The topological polar surface area (TPSA) is 38.9 Å². The molecule has 0 aliphatic carbocycles. The number of halogens is 2. The van der Waals surface area contributed by atoms with Crippen molar-refractivity contribution in [1.29, 1.82) is 0 Å². The predicted molar refractivity (Wildman–Crippen MR) is 74.5 cm³/mol. The van der Waals surface area contributed by atoms with Crippen molar-refractivity contribution in [3.8, 4) is 0 Å². The van der Waals surface area contributed by atoms with Crippen LogP contribution in [-0.2, 0) is 0 Å². The monoisotopic (exact) mass is 294 g/mol. The van der Waals surface area contributed by atoms with Crippen LogP contribution in [0.4, 0.5) is 14.5 Å². The van der Waals surface area contributed by atoms with Crippen molar-refractivity contribution in [2.45, 2.75) is 9.10 Å². The fraction of sp³-hybridized carbons (Fsp3) is 0. The Hall–Kier alpha value is -1.66. The molecule has 0 aliphatic heterocycles. The first-order valence-electron chi connectivity index (χ1n) is 5.42. The Morgan fingerprint density at radius 3 is 2.53 bits per heavy atom. The Balaban J connectivity index is 2.06. The minimum absolute atomic E-state index is 0.0522. The van der Waals surface area contributed by atoms with Crippen LogP contribution >= 0.6 is 23.3 Å². The van der Waals surface area contributed by atoms with Gasteiger partial charge in [0.1, 0.15) is 11.6 Å². The summed E-state index contributed by atoms with van der Waals surface area (Å²) in [5, 5.41) is 0.896. The molecule has 0 saturated carbocycles. The average Bonchev–Trinajstić information content (AvgIpc) is 2.77. The van der Waals surface area contributed by atoms with E-state index in [2.05, 4.69) is 4.37 Å². The van der Waals surface area contributed by atoms with Crippen molar-refractivity contribution >= 4 is 39.9 Å². The third-order valence-electron chi connectivity index (χ3n) is 2.57. The second-order valence-electron chi connectivity index (χ2n) is 3.90. The minimum atomic E-state index is -0.653. The van der Waals surface area contributed by atoms with E-state index in [0.717, 1.165) is 39.0 Å². The molecule has 96 valence electrons. The molecule has 0 atom stereocenters. The number of benzene rings is 2. The summed E-state index contributed by atoms with van der Waals surface area (Å²) in [5.41, 5.74) is 6.30. The Bertz CT molecular complexity index is 732. The van der Waals surface area contributed by atoms with Crippen molar-refractivity contribution in [1.82, 2.24) is 4.37 Å². The van der Waals surface area contributed by atoms with Crippen LogP contribution in [0, 0.1) is 11.6 Å². The van der Waals surface area contributed by atoms with Crippen LogP contribution in [0.5, 0.6) is 0 Å². The van der Waals surface area contributed by atoms with Gasteiger partial charge in [0.05, 0.1) is 14.6 Å². The summed E-state index contributed by atoms with van der Waals surface area (Å²) in [7, 11) is 0. The number of nitrogens with two attached hydrogens (primary N) is 1. The lowest BCUT2D eigenvalue weighted by Crippen LogP contribution is -1.92. The van der Waals surface area contributed by atoms with Crippen LogP contribution < -0.4 is 5.73 Å². The summed E-state index contributed by atoms with van der Waals surface area (Å²) in [4.78, 5) is -0.0522. The summed E-state index contributed by atoms with van der Waals surface area (Å²) in [6.07, 6.45) is 0. The molecule has 0 unspecified atom stereocenters. The molecule has 0 bridgehead atoms. The fourth-order valence-corrected chi connectivity index (χ4v) is 3.61. The molecule has 0 amide bonds. The first-order valence-corrected chi connectivity index (χ1v) is 7.01. The van der Waals surface area contributed by atoms with Crippen LogP contribution in [0.3, 0.4) is 0 Å². The Morgan fingerprint density at radius 1 is 1.11 bits per heavy atom. The summed E-state index contributed by atoms with van der Waals surface area (Å²) in [5.74, 6) is -1.31. The fourth-order valence-electron chi connectivity index (χ4n) is 1.71. The zero-order valence-corrected chi connectivity index (χ0v) is 11.2. The molecular weight excluding hydrogens is 286 g/mol. The van der Waals surface area contributed by atoms with Crippen molar-refractivity contribution in [2.75, 3.05) is 5.73 Å². The first-order chi connectivity index (χ1) is 9.15. The highest BCUT2D eigenvalue weighted by molar-refractivity contribution is 8.01. The van der Waals surface area contributed by atoms with Gasteiger partial charge in [-0.1, -0.05) is 30.0 Å². The van der Waals surface area contributed by atoms with Gasteiger partial charge in [-0.05, 0) is 29.7 Å². The molecular formula is C13H8F2N2S2. The van der Waals surface area contributed by atoms with E-state index >= 15 is 0 Å². The van der Waals surface area contributed by atoms with E-state index in [-0.39, 0.29) is 10.6 Å². The maximum atomic E-state index is 13.7. The van der Waals surface area contributed by atoms with Gasteiger partial charge in [0.2, 0.25) is 0 Å². The predicted octanol–water partition coefficient (Wildman–Crippen LogP) is 4.31. The van der Waals surface area contributed by atoms with E-state index in [1.54, 1.807) is 0 Å². The highest BCUT2D eigenvalue weighted by Crippen LogP contribution is 2.39. The van der Waals surface area contributed by atoms with Crippen molar-refractivity contribution < 1.29 is 8.78 Å². The van der Waals surface area contributed by atoms with Gasteiger partial charge >= 0.3 is 0 Å². The lowest BCUT2D eigenvalue weighted by atomic mass is 10.3. The smallest absolute Gasteiger partial charge is 0.142 e. The van der Waals surface area contributed by atoms with Crippen LogP contribution in [0.2, 0.25) is 0 Å². The van der Waals surface area contributed by atoms with Crippen molar-refractivity contribution in [3.63, 3.8) is 0 Å². The number of anilines is 1. The normalized spacial score (nSPS) is 11.1. The molecule has 2 aromatic carbocycles. The molecule has 1 heterocycles. The summed E-state index contributed by atoms with van der Waals surface area (Å²) in [6, 6.07) is 9.74. The molecule has 0 radical (unpaired) electrons. The third-order valence-corrected chi connectivity index (χ3v) is 4.71. The molecule has 2 N–H and O–H groups in total. The number of nitrogens with zero attached hydrogens (tertiary/aromatic N) is 1. The second-order valence-corrected chi connectivity index (χ2v) is 5.96. The molecule has 0 saturated heterocycles. The van der Waals surface area contributed by atoms with Crippen LogP contribution in [0.1, 0.15) is 0 Å². The van der Waals surface area contributed by atoms with Gasteiger partial charge in [0, 0.05) is 11.1 Å². The molecule has 1 aromatic heterocycles. The van der Waals surface area contributed by atoms with Gasteiger partial charge in [0.25, 0.3) is 0 Å². The maximum Gasteiger partial charge on any atom is 0.142 e. The lowest BCUT2D eigenvalue weighted by molar-refractivity contribution is 0.542. The second kappa shape index (κ2) is 4.79. The zero-order chi connectivity index (χ0) is 13.4. The van der Waals surface area contributed by atoms with E-state index in [0.29, 0.717) is 0 Å². The maximum absolute atomic E-state index is 13.7. The first kappa shape index (κ1) is 12.4. The Morgan fingerprint density at radius 2 is 1.79 bits per heavy atom. The number of rotatable bonds is 2. The van der Waals surface area contributed by atoms with Crippen molar-refractivity contribution in [2.24, 2.45) is 0 Å². The van der Waals surface area contributed by atoms with Crippen LogP contribution in [0.25, 0.3) is 10.9 Å². The van der Waals surface area contributed by atoms with E-state index in [4.69, 9.17) is 5.73 Å². The molecule has 3 aromatic rings. The zero-order valence-electron chi connectivity index (χ0n) is 9.56. The number of hydrogen-bond donors (Lipinski definition) is 1. The number of fused-ring (bicyclic) bond motifs is 1. The van der Waals surface area contributed by atoms with E-state index in [9.17, 15) is 8.78 Å². The van der Waals surface area contributed by atoms with Gasteiger partial charge in [-0.15, -0.1) is 0 Å². The SMILES string of the molecule is Nc1cc(F)c(Sc2snc3ccccc23)c(F)c1. The Kier molecular flexibility index (Phi) is 3.12. The summed E-state index contributed by atoms with van der Waals surface area (Å²) in [6.45, 7) is 0. The van der Waals surface area contributed by atoms with E-state index < -0.39 is 11.6 Å². The van der Waals surface area contributed by atoms with Crippen molar-refractivity contribution in [3.05, 3.63) is 48.0 Å². The molecule has 0 aliphatic rings. The number of hydrogen-bond acceptors (Lipinski definition) is 4. The molecule has 0 fully saturated rings. The molecule has 0 spiro atoms. The molecule has 2 nitrogen and oxygen atoms in total. The highest BCUT2D eigenvalue weighted by atomic mass is 32.2. The van der Waals surface area contributed by atoms with Gasteiger partial charge in [-0.2, -0.15) is 4.37 Å².